The zero-order chi connectivity index (χ0) is 47.4. The highest BCUT2D eigenvalue weighted by Gasteiger charge is 2.44. The number of carbonyl (C=O) groups excluding carboxylic acids is 4. The number of β-amino-alcohol motifs (C(OH)–C–C–N with tert-alkyl or cyclic N) is 1. The summed E-state index contributed by atoms with van der Waals surface area (Å²) in [6, 6.07) is 20.5. The number of anilines is 2. The molecule has 0 radical (unpaired) electrons. The van der Waals surface area contributed by atoms with E-state index in [0.717, 1.165) is 21.7 Å². The van der Waals surface area contributed by atoms with E-state index in [9.17, 15) is 24.3 Å². The van der Waals surface area contributed by atoms with E-state index in [1.165, 1.54) is 17.3 Å². The van der Waals surface area contributed by atoms with E-state index in [0.29, 0.717) is 65.4 Å². The molecule has 6 aromatic rings. The zero-order valence-corrected chi connectivity index (χ0v) is 38.8. The summed E-state index contributed by atoms with van der Waals surface area (Å²) in [7, 11) is 0. The maximum absolute atomic E-state index is 14.3. The van der Waals surface area contributed by atoms with Gasteiger partial charge in [0, 0.05) is 38.2 Å². The first-order valence-corrected chi connectivity index (χ1v) is 23.1. The minimum atomic E-state index is -0.954. The summed E-state index contributed by atoms with van der Waals surface area (Å²) in [5.41, 5.74) is 12.6. The molecule has 67 heavy (non-hydrogen) atoms. The molecule has 5 heterocycles. The van der Waals surface area contributed by atoms with Crippen LogP contribution in [0.4, 0.5) is 11.5 Å². The van der Waals surface area contributed by atoms with E-state index in [-0.39, 0.29) is 49.7 Å². The Balaban J connectivity index is 0.911. The monoisotopic (exact) mass is 925 g/mol. The van der Waals surface area contributed by atoms with Crippen LogP contribution >= 0.6 is 11.3 Å². The molecule has 2 saturated heterocycles. The van der Waals surface area contributed by atoms with Gasteiger partial charge >= 0.3 is 0 Å². The number of rotatable bonds is 14. The fourth-order valence-electron chi connectivity index (χ4n) is 8.63. The van der Waals surface area contributed by atoms with Crippen molar-refractivity contribution < 1.29 is 29.0 Å². The van der Waals surface area contributed by atoms with Crippen molar-refractivity contribution in [3.63, 3.8) is 0 Å². The molecule has 3 atom stereocenters. The van der Waals surface area contributed by atoms with Gasteiger partial charge in [0.2, 0.25) is 23.6 Å². The lowest BCUT2D eigenvalue weighted by Crippen LogP contribution is -2.58. The van der Waals surface area contributed by atoms with E-state index < -0.39 is 35.4 Å². The van der Waals surface area contributed by atoms with Gasteiger partial charge in [-0.15, -0.1) is 11.3 Å². The molecule has 18 heteroatoms. The molecule has 3 aromatic heterocycles. The number of carbonyl (C=O) groups is 4. The minimum absolute atomic E-state index is 0.0167. The highest BCUT2D eigenvalue weighted by molar-refractivity contribution is 7.13. The second-order valence-electron chi connectivity index (χ2n) is 18.0. The van der Waals surface area contributed by atoms with Crippen molar-refractivity contribution in [2.45, 2.75) is 77.7 Å². The molecule has 4 amide bonds. The third kappa shape index (κ3) is 10.5. The Bertz CT molecular complexity index is 2780. The number of nitrogens with zero attached hydrogens (tertiary/aromatic N) is 7. The van der Waals surface area contributed by atoms with Gasteiger partial charge in [0.15, 0.2) is 11.4 Å². The summed E-state index contributed by atoms with van der Waals surface area (Å²) < 4.78 is 7.98. The number of nitrogen functional groups attached to an aromatic ring is 1. The molecular formula is C49H55N11O6S. The van der Waals surface area contributed by atoms with Gasteiger partial charge in [-0.2, -0.15) is 5.10 Å². The Kier molecular flexibility index (Phi) is 13.8. The number of piperidine rings is 1. The molecule has 2 fully saturated rings. The summed E-state index contributed by atoms with van der Waals surface area (Å²) in [5.74, 6) is -0.249. The predicted octanol–water partition coefficient (Wildman–Crippen LogP) is 5.87. The number of ether oxygens (including phenoxy) is 1. The van der Waals surface area contributed by atoms with Crippen LogP contribution in [0.5, 0.6) is 11.5 Å². The summed E-state index contributed by atoms with van der Waals surface area (Å²) in [4.78, 5) is 71.9. The molecule has 6 N–H and O–H groups in total. The van der Waals surface area contributed by atoms with Crippen molar-refractivity contribution in [3.05, 3.63) is 109 Å². The van der Waals surface area contributed by atoms with E-state index in [1.807, 2.05) is 103 Å². The van der Waals surface area contributed by atoms with Gasteiger partial charge in [-0.05, 0) is 72.7 Å². The minimum Gasteiger partial charge on any atom is -0.455 e. The van der Waals surface area contributed by atoms with E-state index in [4.69, 9.17) is 15.6 Å². The first-order valence-electron chi connectivity index (χ1n) is 22.2. The summed E-state index contributed by atoms with van der Waals surface area (Å²) in [5, 5.41) is 25.1. The number of aromatic nitrogens is 5. The van der Waals surface area contributed by atoms with Crippen molar-refractivity contribution in [2.75, 3.05) is 37.2 Å². The van der Waals surface area contributed by atoms with Crippen LogP contribution in [0.1, 0.15) is 57.3 Å². The van der Waals surface area contributed by atoms with E-state index in [1.54, 1.807) is 23.5 Å². The van der Waals surface area contributed by atoms with Crippen molar-refractivity contribution in [2.24, 2.45) is 5.41 Å². The lowest BCUT2D eigenvalue weighted by Gasteiger charge is -2.36. The average molecular weight is 926 g/mol. The van der Waals surface area contributed by atoms with Crippen molar-refractivity contribution in [3.8, 4) is 33.2 Å². The van der Waals surface area contributed by atoms with Gasteiger partial charge in [-0.3, -0.25) is 24.1 Å². The Labute approximate surface area is 392 Å². The van der Waals surface area contributed by atoms with Crippen LogP contribution in [0.3, 0.4) is 0 Å². The van der Waals surface area contributed by atoms with Crippen LogP contribution in [0.2, 0.25) is 0 Å². The summed E-state index contributed by atoms with van der Waals surface area (Å²) in [6.07, 6.45) is 3.07. The number of thiazole rings is 1. The Morgan fingerprint density at radius 2 is 1.73 bits per heavy atom. The number of aliphatic hydroxyl groups excluding tert-OH is 1. The molecule has 3 unspecified atom stereocenters. The molecule has 0 bridgehead atoms. The van der Waals surface area contributed by atoms with Crippen molar-refractivity contribution >= 4 is 57.5 Å². The van der Waals surface area contributed by atoms with Gasteiger partial charge < -0.3 is 36.4 Å². The highest BCUT2D eigenvalue weighted by Crippen LogP contribution is 2.39. The fraction of sp³-hybridized carbons (Fsp3) is 0.347. The number of nitrogens with two attached hydrogens (primary N) is 1. The number of hydrogen-bond donors (Lipinski definition) is 5. The first-order chi connectivity index (χ1) is 32.2. The Morgan fingerprint density at radius 1 is 1.00 bits per heavy atom. The molecule has 2 aliphatic rings. The van der Waals surface area contributed by atoms with Crippen LogP contribution in [-0.2, 0) is 25.7 Å². The van der Waals surface area contributed by atoms with Gasteiger partial charge in [-0.1, -0.05) is 69.8 Å². The molecular weight excluding hydrogens is 871 g/mol. The summed E-state index contributed by atoms with van der Waals surface area (Å²) >= 11 is 1.57. The van der Waals surface area contributed by atoms with Crippen LogP contribution < -0.4 is 26.4 Å². The number of amides is 4. The topological polar surface area (TPSA) is 223 Å². The molecule has 0 saturated carbocycles. The maximum atomic E-state index is 14.3. The molecule has 3 aromatic carbocycles. The number of para-hydroxylation sites is 1. The highest BCUT2D eigenvalue weighted by atomic mass is 32.1. The average Bonchev–Trinajstić information content (AvgIpc) is 4.05. The third-order valence-electron chi connectivity index (χ3n) is 12.2. The van der Waals surface area contributed by atoms with Gasteiger partial charge in [0.25, 0.3) is 0 Å². The number of likely N-dealkylation sites (tertiary alicyclic amines) is 2. The zero-order valence-electron chi connectivity index (χ0n) is 37.9. The lowest BCUT2D eigenvalue weighted by molar-refractivity contribution is -0.144. The second kappa shape index (κ2) is 19.8. The first kappa shape index (κ1) is 46.5. The number of fused-ring (bicyclic) bond motifs is 1. The number of aryl methyl sites for hydroxylation is 1. The van der Waals surface area contributed by atoms with Crippen molar-refractivity contribution in [1.82, 2.24) is 45.2 Å². The Hall–Kier alpha value is -7.02. The van der Waals surface area contributed by atoms with Crippen LogP contribution in [0.25, 0.3) is 32.7 Å². The van der Waals surface area contributed by atoms with Crippen molar-refractivity contribution in [1.29, 1.82) is 0 Å². The Morgan fingerprint density at radius 3 is 2.42 bits per heavy atom. The van der Waals surface area contributed by atoms with Gasteiger partial charge in [0.05, 0.1) is 45.8 Å². The molecule has 0 aliphatic carbocycles. The standard InChI is InChI=1S/C49H55N11O6S/c1-6-39(62)55-36-22-32(16-17-38(36)66-35-10-8-7-9-11-35)42-41-45(50)52-27-53-46(41)60(57-42)33-18-20-58(21-19-33)26-40(63)56-44(49(3,4)5)48(65)59-25-34(61)23-37(59)47(64)51-24-30-12-14-31(15-13-30)43-29(2)54-28-67-43/h6-17,22,27-28,33-34,37,44,61H,1,18-21,23-26H2,2-5H3,(H,51,64)(H,55,62)(H,56,63)(H2,50,52,53). The molecule has 348 valence electrons. The van der Waals surface area contributed by atoms with E-state index in [2.05, 4.69) is 37.5 Å². The van der Waals surface area contributed by atoms with E-state index >= 15 is 0 Å². The van der Waals surface area contributed by atoms with Crippen LogP contribution in [-0.4, -0.2) is 108 Å². The van der Waals surface area contributed by atoms with Gasteiger partial charge in [0.1, 0.15) is 35.7 Å². The number of aliphatic hydroxyl groups is 1. The number of hydrogen-bond acceptors (Lipinski definition) is 13. The summed E-state index contributed by atoms with van der Waals surface area (Å²) in [6.45, 7) is 12.6. The predicted molar refractivity (Wildman–Crippen MR) is 257 cm³/mol. The smallest absolute Gasteiger partial charge is 0.247 e. The number of benzene rings is 3. The molecule has 17 nitrogen and oxygen atoms in total. The third-order valence-corrected chi connectivity index (χ3v) is 13.1. The normalized spacial score (nSPS) is 17.2. The number of nitrogens with one attached hydrogen (secondary N) is 3. The molecule has 8 rings (SSSR count). The largest absolute Gasteiger partial charge is 0.455 e. The lowest BCUT2D eigenvalue weighted by atomic mass is 9.85. The van der Waals surface area contributed by atoms with Crippen LogP contribution in [0.15, 0.2) is 97.3 Å². The second-order valence-corrected chi connectivity index (χ2v) is 18.9. The SMILES string of the molecule is C=CC(=O)Nc1cc(-c2nn(C3CCN(CC(=O)NC(C(=O)N4CC(O)CC4C(=O)NCc4ccc(-c5scnc5C)cc4)C(C)(C)C)CC3)c3ncnc(N)c23)ccc1Oc1ccccc1. The maximum Gasteiger partial charge on any atom is 0.247 e. The fourth-order valence-corrected chi connectivity index (χ4v) is 9.44. The van der Waals surface area contributed by atoms with Gasteiger partial charge in [-0.25, -0.2) is 19.6 Å². The molecule has 2 aliphatic heterocycles. The van der Waals surface area contributed by atoms with Crippen LogP contribution in [0, 0.1) is 12.3 Å². The molecule has 0 spiro atoms. The quantitative estimate of drug-likeness (QED) is 0.0810.